The summed E-state index contributed by atoms with van der Waals surface area (Å²) in [6.45, 7) is 2.23. The number of halogens is 1. The maximum Gasteiger partial charge on any atom is 0.151 e. The van der Waals surface area contributed by atoms with Gasteiger partial charge in [-0.3, -0.25) is 4.68 Å². The smallest absolute Gasteiger partial charge is 0.151 e. The Kier molecular flexibility index (Phi) is 3.82. The van der Waals surface area contributed by atoms with Crippen molar-refractivity contribution >= 4 is 5.82 Å². The van der Waals surface area contributed by atoms with Crippen LogP contribution >= 0.6 is 0 Å². The number of alkyl halides is 1. The molecule has 1 aromatic carbocycles. The number of anilines is 1. The number of phenolic OH excluding ortho intramolecular Hbond substituents is 1. The molecule has 0 saturated heterocycles. The molecule has 2 N–H and O–H groups in total. The van der Waals surface area contributed by atoms with Gasteiger partial charge in [0.05, 0.1) is 6.54 Å². The fraction of sp³-hybridized carbons (Fsp3) is 0.308. The van der Waals surface area contributed by atoms with Gasteiger partial charge in [0.2, 0.25) is 0 Å². The van der Waals surface area contributed by atoms with Gasteiger partial charge in [0.15, 0.2) is 5.82 Å². The Hall–Kier alpha value is -2.04. The molecule has 96 valence electrons. The molecular weight excluding hydrogens is 233 g/mol. The molecule has 0 spiro atoms. The number of aromatic hydroxyl groups is 1. The molecule has 0 radical (unpaired) electrons. The molecule has 0 unspecified atom stereocenters. The van der Waals surface area contributed by atoms with E-state index in [1.165, 1.54) is 0 Å². The topological polar surface area (TPSA) is 50.1 Å². The summed E-state index contributed by atoms with van der Waals surface area (Å²) < 4.78 is 13.8. The van der Waals surface area contributed by atoms with Gasteiger partial charge in [0, 0.05) is 23.9 Å². The molecular formula is C13H16FN3O. The SMILES string of the molecule is Cc1cn(CCF)nc1NCc1ccccc1O. The molecule has 2 rings (SSSR count). The second-order valence-corrected chi connectivity index (χ2v) is 4.10. The van der Waals surface area contributed by atoms with E-state index in [0.717, 1.165) is 11.1 Å². The van der Waals surface area contributed by atoms with E-state index in [0.29, 0.717) is 12.4 Å². The van der Waals surface area contributed by atoms with E-state index in [1.807, 2.05) is 19.1 Å². The second kappa shape index (κ2) is 5.53. The van der Waals surface area contributed by atoms with Gasteiger partial charge in [-0.2, -0.15) is 5.10 Å². The van der Waals surface area contributed by atoms with Crippen molar-refractivity contribution in [2.75, 3.05) is 12.0 Å². The number of hydrogen-bond donors (Lipinski definition) is 2. The third-order valence-electron chi connectivity index (χ3n) is 2.70. The minimum absolute atomic E-state index is 0.255. The quantitative estimate of drug-likeness (QED) is 0.856. The standard InChI is InChI=1S/C13H16FN3O/c1-10-9-17(7-6-14)16-13(10)15-8-11-4-2-3-5-12(11)18/h2-5,9,18H,6-8H2,1H3,(H,15,16). The number of aromatic nitrogens is 2. The lowest BCUT2D eigenvalue weighted by Crippen LogP contribution is -2.04. The predicted octanol–water partition coefficient (Wildman–Crippen LogP) is 2.48. The first-order valence-electron chi connectivity index (χ1n) is 5.81. The average Bonchev–Trinajstić information content (AvgIpc) is 2.69. The van der Waals surface area contributed by atoms with Crippen molar-refractivity contribution in [2.24, 2.45) is 0 Å². The maximum atomic E-state index is 12.2. The van der Waals surface area contributed by atoms with Crippen LogP contribution in [-0.2, 0) is 13.1 Å². The summed E-state index contributed by atoms with van der Waals surface area (Å²) in [6.07, 6.45) is 1.80. The van der Waals surface area contributed by atoms with Gasteiger partial charge in [0.25, 0.3) is 0 Å². The van der Waals surface area contributed by atoms with Gasteiger partial charge in [0.1, 0.15) is 12.4 Å². The lowest BCUT2D eigenvalue weighted by Gasteiger charge is -2.06. The van der Waals surface area contributed by atoms with Crippen molar-refractivity contribution < 1.29 is 9.50 Å². The largest absolute Gasteiger partial charge is 0.508 e. The van der Waals surface area contributed by atoms with Crippen LogP contribution in [0.15, 0.2) is 30.5 Å². The molecule has 5 heteroatoms. The monoisotopic (exact) mass is 249 g/mol. The van der Waals surface area contributed by atoms with Crippen LogP contribution in [0.25, 0.3) is 0 Å². The fourth-order valence-corrected chi connectivity index (χ4v) is 1.74. The molecule has 18 heavy (non-hydrogen) atoms. The van der Waals surface area contributed by atoms with Crippen LogP contribution in [0, 0.1) is 6.92 Å². The number of nitrogens with one attached hydrogen (secondary N) is 1. The zero-order valence-corrected chi connectivity index (χ0v) is 10.2. The Balaban J connectivity index is 2.04. The third kappa shape index (κ3) is 2.80. The van der Waals surface area contributed by atoms with E-state index in [-0.39, 0.29) is 12.3 Å². The highest BCUT2D eigenvalue weighted by atomic mass is 19.1. The van der Waals surface area contributed by atoms with Crippen molar-refractivity contribution in [3.8, 4) is 5.75 Å². The van der Waals surface area contributed by atoms with Gasteiger partial charge in [-0.15, -0.1) is 0 Å². The summed E-state index contributed by atoms with van der Waals surface area (Å²) in [5, 5.41) is 17.0. The number of benzene rings is 1. The van der Waals surface area contributed by atoms with Gasteiger partial charge in [-0.25, -0.2) is 4.39 Å². The highest BCUT2D eigenvalue weighted by Gasteiger charge is 2.06. The van der Waals surface area contributed by atoms with E-state index in [4.69, 9.17) is 0 Å². The first kappa shape index (κ1) is 12.4. The van der Waals surface area contributed by atoms with Crippen molar-refractivity contribution in [3.63, 3.8) is 0 Å². The van der Waals surface area contributed by atoms with Crippen LogP contribution < -0.4 is 5.32 Å². The van der Waals surface area contributed by atoms with Crippen LogP contribution in [0.4, 0.5) is 10.2 Å². The molecule has 0 amide bonds. The van der Waals surface area contributed by atoms with Gasteiger partial charge in [-0.1, -0.05) is 18.2 Å². The molecule has 0 aliphatic heterocycles. The summed E-state index contributed by atoms with van der Waals surface area (Å²) in [6, 6.07) is 7.13. The maximum absolute atomic E-state index is 12.2. The van der Waals surface area contributed by atoms with Crippen LogP contribution in [0.3, 0.4) is 0 Å². The van der Waals surface area contributed by atoms with E-state index < -0.39 is 6.67 Å². The summed E-state index contributed by atoms with van der Waals surface area (Å²) in [5.41, 5.74) is 1.76. The Morgan fingerprint density at radius 1 is 1.39 bits per heavy atom. The van der Waals surface area contributed by atoms with E-state index in [1.54, 1.807) is 23.0 Å². The molecule has 0 bridgehead atoms. The van der Waals surface area contributed by atoms with Gasteiger partial charge in [-0.05, 0) is 13.0 Å². The van der Waals surface area contributed by atoms with Crippen molar-refractivity contribution in [3.05, 3.63) is 41.6 Å². The number of para-hydroxylation sites is 1. The Morgan fingerprint density at radius 3 is 2.89 bits per heavy atom. The summed E-state index contributed by atoms with van der Waals surface area (Å²) in [4.78, 5) is 0. The van der Waals surface area contributed by atoms with E-state index in [2.05, 4.69) is 10.4 Å². The summed E-state index contributed by atoms with van der Waals surface area (Å²) >= 11 is 0. The van der Waals surface area contributed by atoms with Crippen LogP contribution in [0.2, 0.25) is 0 Å². The number of aryl methyl sites for hydroxylation is 2. The average molecular weight is 249 g/mol. The molecule has 0 saturated carbocycles. The van der Waals surface area contributed by atoms with Crippen molar-refractivity contribution in [1.82, 2.24) is 9.78 Å². The first-order valence-corrected chi connectivity index (χ1v) is 5.81. The van der Waals surface area contributed by atoms with E-state index >= 15 is 0 Å². The van der Waals surface area contributed by atoms with Gasteiger partial charge < -0.3 is 10.4 Å². The van der Waals surface area contributed by atoms with Crippen LogP contribution in [0.5, 0.6) is 5.75 Å². The third-order valence-corrected chi connectivity index (χ3v) is 2.70. The minimum atomic E-state index is -0.431. The van der Waals surface area contributed by atoms with Gasteiger partial charge >= 0.3 is 0 Å². The second-order valence-electron chi connectivity index (χ2n) is 4.10. The Labute approximate surface area is 105 Å². The molecule has 0 aliphatic carbocycles. The van der Waals surface area contributed by atoms with Crippen LogP contribution in [0.1, 0.15) is 11.1 Å². The lowest BCUT2D eigenvalue weighted by atomic mass is 10.2. The summed E-state index contributed by atoms with van der Waals surface area (Å²) in [5.74, 6) is 0.970. The number of nitrogens with zero attached hydrogens (tertiary/aromatic N) is 2. The summed E-state index contributed by atoms with van der Waals surface area (Å²) in [7, 11) is 0. The molecule has 1 aromatic heterocycles. The molecule has 4 nitrogen and oxygen atoms in total. The highest BCUT2D eigenvalue weighted by molar-refractivity contribution is 5.44. The van der Waals surface area contributed by atoms with Crippen molar-refractivity contribution in [1.29, 1.82) is 0 Å². The number of phenols is 1. The Bertz CT molecular complexity index is 525. The molecule has 2 aromatic rings. The number of hydrogen-bond acceptors (Lipinski definition) is 3. The zero-order chi connectivity index (χ0) is 13.0. The number of rotatable bonds is 5. The first-order chi connectivity index (χ1) is 8.70. The van der Waals surface area contributed by atoms with Crippen molar-refractivity contribution in [2.45, 2.75) is 20.0 Å². The fourth-order valence-electron chi connectivity index (χ4n) is 1.74. The molecule has 1 heterocycles. The lowest BCUT2D eigenvalue weighted by molar-refractivity contribution is 0.427. The molecule has 0 fully saturated rings. The normalized spacial score (nSPS) is 10.6. The molecule has 0 aliphatic rings. The van der Waals surface area contributed by atoms with E-state index in [9.17, 15) is 9.50 Å². The Morgan fingerprint density at radius 2 is 2.17 bits per heavy atom. The predicted molar refractivity (Wildman–Crippen MR) is 68.4 cm³/mol. The zero-order valence-electron chi connectivity index (χ0n) is 10.2. The van der Waals surface area contributed by atoms with Crippen LogP contribution in [-0.4, -0.2) is 21.6 Å². The molecule has 0 atom stereocenters. The highest BCUT2D eigenvalue weighted by Crippen LogP contribution is 2.18. The minimum Gasteiger partial charge on any atom is -0.508 e.